The van der Waals surface area contributed by atoms with Crippen molar-refractivity contribution < 1.29 is 4.42 Å². The fourth-order valence-corrected chi connectivity index (χ4v) is 4.19. The third-order valence-electron chi connectivity index (χ3n) is 5.61. The molecule has 0 atom stereocenters. The number of hydrogen-bond donors (Lipinski definition) is 0. The third-order valence-corrected chi connectivity index (χ3v) is 5.61. The summed E-state index contributed by atoms with van der Waals surface area (Å²) in [6, 6.07) is 40.1. The summed E-state index contributed by atoms with van der Waals surface area (Å²) in [5.41, 5.74) is 5.12. The molecule has 0 amide bonds. The maximum absolute atomic E-state index is 6.30. The monoisotopic (exact) mass is 385 g/mol. The molecule has 0 spiro atoms. The van der Waals surface area contributed by atoms with Crippen LogP contribution in [0.1, 0.15) is 0 Å². The van der Waals surface area contributed by atoms with Gasteiger partial charge in [-0.3, -0.25) is 0 Å². The van der Waals surface area contributed by atoms with Gasteiger partial charge >= 0.3 is 0 Å². The van der Waals surface area contributed by atoms with Gasteiger partial charge in [-0.15, -0.1) is 0 Å². The van der Waals surface area contributed by atoms with Crippen molar-refractivity contribution >= 4 is 49.8 Å². The van der Waals surface area contributed by atoms with Gasteiger partial charge in [-0.1, -0.05) is 60.7 Å². The van der Waals surface area contributed by atoms with Crippen LogP contribution < -0.4 is 4.90 Å². The molecule has 2 heteroatoms. The molecule has 0 aliphatic rings. The van der Waals surface area contributed by atoms with E-state index in [1.54, 1.807) is 0 Å². The van der Waals surface area contributed by atoms with Gasteiger partial charge in [0.2, 0.25) is 0 Å². The standard InChI is InChI=1S/C28H19NO/c1-3-11-22(12-4-1)29(23-13-5-2-6-14-23)24-15-16-25-26-17-20-9-7-8-10-21(20)18-27(26)30-28(25)19-24/h1-19H. The molecule has 142 valence electrons. The molecule has 0 fully saturated rings. The number of anilines is 3. The topological polar surface area (TPSA) is 16.4 Å². The number of hydrogen-bond acceptors (Lipinski definition) is 2. The number of rotatable bonds is 3. The number of para-hydroxylation sites is 2. The van der Waals surface area contributed by atoms with Crippen molar-refractivity contribution in [3.05, 3.63) is 115 Å². The van der Waals surface area contributed by atoms with Gasteiger partial charge in [-0.05, 0) is 59.3 Å². The third kappa shape index (κ3) is 2.73. The fraction of sp³-hybridized carbons (Fsp3) is 0. The number of fused-ring (bicyclic) bond motifs is 4. The van der Waals surface area contributed by atoms with Crippen molar-refractivity contribution in [2.75, 3.05) is 4.90 Å². The summed E-state index contributed by atoms with van der Waals surface area (Å²) in [5, 5.41) is 4.72. The highest BCUT2D eigenvalue weighted by Crippen LogP contribution is 2.38. The zero-order chi connectivity index (χ0) is 19.9. The highest BCUT2D eigenvalue weighted by Gasteiger charge is 2.15. The summed E-state index contributed by atoms with van der Waals surface area (Å²) in [6.07, 6.45) is 0. The maximum atomic E-state index is 6.30. The van der Waals surface area contributed by atoms with Gasteiger partial charge in [-0.25, -0.2) is 0 Å². The highest BCUT2D eigenvalue weighted by atomic mass is 16.3. The van der Waals surface area contributed by atoms with E-state index in [9.17, 15) is 0 Å². The van der Waals surface area contributed by atoms with Gasteiger partial charge in [0.1, 0.15) is 11.2 Å². The van der Waals surface area contributed by atoms with Crippen LogP contribution >= 0.6 is 0 Å². The van der Waals surface area contributed by atoms with Gasteiger partial charge in [0.05, 0.1) is 0 Å². The van der Waals surface area contributed by atoms with E-state index >= 15 is 0 Å². The minimum atomic E-state index is 0.898. The SMILES string of the molecule is c1ccc(N(c2ccccc2)c2ccc3c(c2)oc2cc4ccccc4cc23)cc1. The number of benzene rings is 5. The fourth-order valence-electron chi connectivity index (χ4n) is 4.19. The van der Waals surface area contributed by atoms with Crippen LogP contribution in [0.4, 0.5) is 17.1 Å². The average molecular weight is 385 g/mol. The molecule has 30 heavy (non-hydrogen) atoms. The van der Waals surface area contributed by atoms with Crippen molar-refractivity contribution in [2.24, 2.45) is 0 Å². The molecule has 0 unspecified atom stereocenters. The Morgan fingerprint density at radius 1 is 0.433 bits per heavy atom. The van der Waals surface area contributed by atoms with E-state index in [2.05, 4.69) is 108 Å². The van der Waals surface area contributed by atoms with Crippen LogP contribution in [-0.2, 0) is 0 Å². The van der Waals surface area contributed by atoms with E-state index in [0.29, 0.717) is 0 Å². The normalized spacial score (nSPS) is 11.3. The molecule has 0 saturated carbocycles. The van der Waals surface area contributed by atoms with E-state index in [1.165, 1.54) is 10.8 Å². The molecule has 0 aliphatic heterocycles. The molecule has 0 radical (unpaired) electrons. The first-order chi connectivity index (χ1) is 14.9. The average Bonchev–Trinajstić information content (AvgIpc) is 3.16. The molecule has 2 nitrogen and oxygen atoms in total. The Labute approximate surface area is 174 Å². The van der Waals surface area contributed by atoms with Crippen molar-refractivity contribution in [3.8, 4) is 0 Å². The van der Waals surface area contributed by atoms with E-state index in [4.69, 9.17) is 4.42 Å². The minimum Gasteiger partial charge on any atom is -0.456 e. The van der Waals surface area contributed by atoms with Crippen molar-refractivity contribution in [1.82, 2.24) is 0 Å². The summed E-state index contributed by atoms with van der Waals surface area (Å²) < 4.78 is 6.30. The molecule has 6 rings (SSSR count). The van der Waals surface area contributed by atoms with Gasteiger partial charge in [0.25, 0.3) is 0 Å². The van der Waals surface area contributed by atoms with Crippen LogP contribution in [0, 0.1) is 0 Å². The van der Waals surface area contributed by atoms with Crippen LogP contribution in [-0.4, -0.2) is 0 Å². The van der Waals surface area contributed by atoms with Gasteiger partial charge in [-0.2, -0.15) is 0 Å². The van der Waals surface area contributed by atoms with Gasteiger partial charge in [0.15, 0.2) is 0 Å². The molecule has 0 N–H and O–H groups in total. The van der Waals surface area contributed by atoms with E-state index in [0.717, 1.165) is 39.0 Å². The Hall–Kier alpha value is -4.04. The minimum absolute atomic E-state index is 0.898. The highest BCUT2D eigenvalue weighted by molar-refractivity contribution is 6.10. The molecule has 0 bridgehead atoms. The zero-order valence-corrected chi connectivity index (χ0v) is 16.3. The summed E-state index contributed by atoms with van der Waals surface area (Å²) in [7, 11) is 0. The van der Waals surface area contributed by atoms with Crippen LogP contribution in [0.5, 0.6) is 0 Å². The van der Waals surface area contributed by atoms with Crippen LogP contribution in [0.25, 0.3) is 32.7 Å². The maximum Gasteiger partial charge on any atom is 0.137 e. The largest absolute Gasteiger partial charge is 0.456 e. The second kappa shape index (κ2) is 6.78. The first-order valence-corrected chi connectivity index (χ1v) is 10.1. The first-order valence-electron chi connectivity index (χ1n) is 10.1. The Morgan fingerprint density at radius 3 is 1.67 bits per heavy atom. The lowest BCUT2D eigenvalue weighted by molar-refractivity contribution is 0.669. The lowest BCUT2D eigenvalue weighted by Crippen LogP contribution is -2.09. The van der Waals surface area contributed by atoms with Crippen LogP contribution in [0.2, 0.25) is 0 Å². The summed E-state index contributed by atoms with van der Waals surface area (Å²) in [4.78, 5) is 2.25. The molecule has 1 heterocycles. The van der Waals surface area contributed by atoms with E-state index in [1.807, 2.05) is 12.1 Å². The van der Waals surface area contributed by atoms with Crippen molar-refractivity contribution in [1.29, 1.82) is 0 Å². The molecule has 6 aromatic rings. The summed E-state index contributed by atoms with van der Waals surface area (Å²) in [6.45, 7) is 0. The van der Waals surface area contributed by atoms with Crippen molar-refractivity contribution in [2.45, 2.75) is 0 Å². The number of furan rings is 1. The van der Waals surface area contributed by atoms with E-state index in [-0.39, 0.29) is 0 Å². The lowest BCUT2D eigenvalue weighted by atomic mass is 10.1. The first kappa shape index (κ1) is 16.9. The van der Waals surface area contributed by atoms with Crippen LogP contribution in [0.15, 0.2) is 120 Å². The van der Waals surface area contributed by atoms with Crippen LogP contribution in [0.3, 0.4) is 0 Å². The predicted octanol–water partition coefficient (Wildman–Crippen LogP) is 8.21. The molecule has 1 aromatic heterocycles. The second-order valence-corrected chi connectivity index (χ2v) is 7.48. The molecule has 0 saturated heterocycles. The quantitative estimate of drug-likeness (QED) is 0.305. The predicted molar refractivity (Wildman–Crippen MR) is 126 cm³/mol. The molecule has 5 aromatic carbocycles. The molecular weight excluding hydrogens is 366 g/mol. The molecular formula is C28H19NO. The smallest absolute Gasteiger partial charge is 0.137 e. The van der Waals surface area contributed by atoms with Crippen molar-refractivity contribution in [3.63, 3.8) is 0 Å². The molecule has 0 aliphatic carbocycles. The Bertz CT molecular complexity index is 1440. The zero-order valence-electron chi connectivity index (χ0n) is 16.3. The van der Waals surface area contributed by atoms with Gasteiger partial charge in [0, 0.05) is 33.9 Å². The van der Waals surface area contributed by atoms with E-state index < -0.39 is 0 Å². The number of nitrogens with zero attached hydrogens (tertiary/aromatic N) is 1. The summed E-state index contributed by atoms with van der Waals surface area (Å²) >= 11 is 0. The Kier molecular flexibility index (Phi) is 3.82. The Morgan fingerprint density at radius 2 is 1.00 bits per heavy atom. The Balaban J connectivity index is 1.57. The lowest BCUT2D eigenvalue weighted by Gasteiger charge is -2.25. The second-order valence-electron chi connectivity index (χ2n) is 7.48. The summed E-state index contributed by atoms with van der Waals surface area (Å²) in [5.74, 6) is 0. The van der Waals surface area contributed by atoms with Gasteiger partial charge < -0.3 is 9.32 Å².